The van der Waals surface area contributed by atoms with Crippen molar-refractivity contribution < 1.29 is 14.7 Å². The Morgan fingerprint density at radius 2 is 1.92 bits per heavy atom. The molecule has 7 nitrogen and oxygen atoms in total. The SMILES string of the molecule is CC(C)(C)N(C(=O)O)[C@H]1CC[C@@H](NC(=O)c2cn3ccccc3n2)CC1. The Bertz CT molecular complexity index is 767. The summed E-state index contributed by atoms with van der Waals surface area (Å²) in [4.78, 5) is 30.0. The van der Waals surface area contributed by atoms with Gasteiger partial charge in [-0.2, -0.15) is 0 Å². The van der Waals surface area contributed by atoms with Crippen LogP contribution in [0.1, 0.15) is 56.9 Å². The number of aromatic nitrogens is 2. The van der Waals surface area contributed by atoms with Crippen LogP contribution in [0.2, 0.25) is 0 Å². The molecular weight excluding hydrogens is 332 g/mol. The van der Waals surface area contributed by atoms with E-state index in [1.54, 1.807) is 11.1 Å². The minimum Gasteiger partial charge on any atom is -0.465 e. The highest BCUT2D eigenvalue weighted by molar-refractivity contribution is 5.93. The van der Waals surface area contributed by atoms with Crippen molar-refractivity contribution in [3.63, 3.8) is 0 Å². The van der Waals surface area contributed by atoms with Crippen molar-refractivity contribution in [3.8, 4) is 0 Å². The maximum absolute atomic E-state index is 12.5. The fourth-order valence-corrected chi connectivity index (χ4v) is 3.77. The van der Waals surface area contributed by atoms with Crippen molar-refractivity contribution in [3.05, 3.63) is 36.3 Å². The molecule has 2 amide bonds. The van der Waals surface area contributed by atoms with Gasteiger partial charge in [-0.25, -0.2) is 9.78 Å². The lowest BCUT2D eigenvalue weighted by Gasteiger charge is -2.42. The normalized spacial score (nSPS) is 20.7. The third-order valence-corrected chi connectivity index (χ3v) is 4.92. The lowest BCUT2D eigenvalue weighted by atomic mass is 9.88. The molecule has 2 heterocycles. The number of rotatable bonds is 3. The van der Waals surface area contributed by atoms with E-state index in [0.29, 0.717) is 5.69 Å². The first-order chi connectivity index (χ1) is 12.3. The van der Waals surface area contributed by atoms with Crippen LogP contribution in [-0.2, 0) is 0 Å². The average Bonchev–Trinajstić information content (AvgIpc) is 2.99. The predicted octanol–water partition coefficient (Wildman–Crippen LogP) is 3.15. The number of nitrogens with one attached hydrogen (secondary N) is 1. The first-order valence-electron chi connectivity index (χ1n) is 9.02. The summed E-state index contributed by atoms with van der Waals surface area (Å²) in [5.74, 6) is -0.178. The maximum Gasteiger partial charge on any atom is 0.407 e. The molecule has 0 atom stereocenters. The number of amides is 2. The number of hydrogen-bond acceptors (Lipinski definition) is 3. The zero-order valence-corrected chi connectivity index (χ0v) is 15.5. The van der Waals surface area contributed by atoms with E-state index < -0.39 is 11.6 Å². The Balaban J connectivity index is 1.60. The largest absolute Gasteiger partial charge is 0.465 e. The number of fused-ring (bicyclic) bond motifs is 1. The molecule has 0 bridgehead atoms. The van der Waals surface area contributed by atoms with Gasteiger partial charge in [-0.15, -0.1) is 0 Å². The molecule has 0 saturated heterocycles. The second kappa shape index (κ2) is 6.97. The molecule has 0 aliphatic heterocycles. The number of carboxylic acid groups (broad SMARTS) is 1. The fourth-order valence-electron chi connectivity index (χ4n) is 3.77. The summed E-state index contributed by atoms with van der Waals surface area (Å²) in [6.07, 6.45) is 5.74. The van der Waals surface area contributed by atoms with Crippen molar-refractivity contribution >= 4 is 17.6 Å². The minimum atomic E-state index is -0.880. The van der Waals surface area contributed by atoms with Gasteiger partial charge in [-0.1, -0.05) is 6.07 Å². The van der Waals surface area contributed by atoms with E-state index in [1.165, 1.54) is 0 Å². The van der Waals surface area contributed by atoms with E-state index >= 15 is 0 Å². The summed E-state index contributed by atoms with van der Waals surface area (Å²) in [6.45, 7) is 5.75. The van der Waals surface area contributed by atoms with Gasteiger partial charge < -0.3 is 19.7 Å². The van der Waals surface area contributed by atoms with Crippen molar-refractivity contribution in [2.75, 3.05) is 0 Å². The highest BCUT2D eigenvalue weighted by Gasteiger charge is 2.35. The van der Waals surface area contributed by atoms with Crippen molar-refractivity contribution in [2.45, 2.75) is 64.1 Å². The summed E-state index contributed by atoms with van der Waals surface area (Å²) >= 11 is 0. The number of hydrogen-bond donors (Lipinski definition) is 2. The average molecular weight is 358 g/mol. The molecule has 2 aromatic rings. The first-order valence-corrected chi connectivity index (χ1v) is 9.02. The quantitative estimate of drug-likeness (QED) is 0.882. The number of carbonyl (C=O) groups excluding carboxylic acids is 1. The van der Waals surface area contributed by atoms with Crippen LogP contribution < -0.4 is 5.32 Å². The van der Waals surface area contributed by atoms with Gasteiger partial charge in [0.05, 0.1) is 0 Å². The Morgan fingerprint density at radius 3 is 2.50 bits per heavy atom. The van der Waals surface area contributed by atoms with Gasteiger partial charge in [0.2, 0.25) is 0 Å². The van der Waals surface area contributed by atoms with Crippen LogP contribution in [0.5, 0.6) is 0 Å². The molecule has 1 aliphatic rings. The topological polar surface area (TPSA) is 86.9 Å². The number of nitrogens with zero attached hydrogens (tertiary/aromatic N) is 3. The highest BCUT2D eigenvalue weighted by Crippen LogP contribution is 2.28. The van der Waals surface area contributed by atoms with E-state index in [-0.39, 0.29) is 18.0 Å². The Hall–Kier alpha value is -2.57. The molecular formula is C19H26N4O3. The minimum absolute atomic E-state index is 0.00385. The molecule has 1 saturated carbocycles. The van der Waals surface area contributed by atoms with Gasteiger partial charge in [0, 0.05) is 30.0 Å². The molecule has 0 aromatic carbocycles. The zero-order chi connectivity index (χ0) is 18.9. The van der Waals surface area contributed by atoms with Crippen LogP contribution in [-0.4, -0.2) is 49.0 Å². The Kier molecular flexibility index (Phi) is 4.89. The second-order valence-corrected chi connectivity index (χ2v) is 7.89. The molecule has 1 fully saturated rings. The van der Waals surface area contributed by atoms with E-state index in [4.69, 9.17) is 0 Å². The molecule has 1 aliphatic carbocycles. The van der Waals surface area contributed by atoms with Gasteiger partial charge in [0.15, 0.2) is 0 Å². The van der Waals surface area contributed by atoms with Crippen LogP contribution in [0.25, 0.3) is 5.65 Å². The molecule has 26 heavy (non-hydrogen) atoms. The van der Waals surface area contributed by atoms with Gasteiger partial charge in [0.1, 0.15) is 11.3 Å². The lowest BCUT2D eigenvalue weighted by molar-refractivity contribution is 0.0519. The van der Waals surface area contributed by atoms with E-state index in [2.05, 4.69) is 10.3 Å². The summed E-state index contributed by atoms with van der Waals surface area (Å²) in [5.41, 5.74) is 0.715. The smallest absolute Gasteiger partial charge is 0.407 e. The highest BCUT2D eigenvalue weighted by atomic mass is 16.4. The summed E-state index contributed by atoms with van der Waals surface area (Å²) in [6, 6.07) is 5.68. The van der Waals surface area contributed by atoms with Gasteiger partial charge in [-0.05, 0) is 58.6 Å². The zero-order valence-electron chi connectivity index (χ0n) is 15.5. The van der Waals surface area contributed by atoms with Crippen LogP contribution in [0.3, 0.4) is 0 Å². The number of carbonyl (C=O) groups is 2. The molecule has 7 heteroatoms. The van der Waals surface area contributed by atoms with Crippen molar-refractivity contribution in [1.82, 2.24) is 19.6 Å². The molecule has 2 N–H and O–H groups in total. The third kappa shape index (κ3) is 3.81. The molecule has 140 valence electrons. The monoisotopic (exact) mass is 358 g/mol. The third-order valence-electron chi connectivity index (χ3n) is 4.92. The van der Waals surface area contributed by atoms with Gasteiger partial charge >= 0.3 is 6.09 Å². The van der Waals surface area contributed by atoms with Crippen molar-refractivity contribution in [2.24, 2.45) is 0 Å². The van der Waals surface area contributed by atoms with Gasteiger partial charge in [-0.3, -0.25) is 4.79 Å². The standard InChI is InChI=1S/C19H26N4O3/c1-19(2,3)23(18(25)26)14-9-7-13(8-10-14)20-17(24)15-12-22-11-5-4-6-16(22)21-15/h4-6,11-14H,7-10H2,1-3H3,(H,20,24)(H,25,26)/t13-,14+. The van der Waals surface area contributed by atoms with Crippen LogP contribution in [0, 0.1) is 0 Å². The molecule has 0 spiro atoms. The summed E-state index contributed by atoms with van der Waals surface area (Å²) in [5, 5.41) is 12.6. The van der Waals surface area contributed by atoms with E-state index in [9.17, 15) is 14.7 Å². The summed E-state index contributed by atoms with van der Waals surface area (Å²) in [7, 11) is 0. The van der Waals surface area contributed by atoms with Crippen LogP contribution >= 0.6 is 0 Å². The fraction of sp³-hybridized carbons (Fsp3) is 0.526. The second-order valence-electron chi connectivity index (χ2n) is 7.89. The molecule has 0 unspecified atom stereocenters. The van der Waals surface area contributed by atoms with Crippen molar-refractivity contribution in [1.29, 1.82) is 0 Å². The number of imidazole rings is 1. The maximum atomic E-state index is 12.5. The molecule has 3 rings (SSSR count). The number of pyridine rings is 1. The van der Waals surface area contributed by atoms with Crippen LogP contribution in [0.4, 0.5) is 4.79 Å². The van der Waals surface area contributed by atoms with E-state index in [1.807, 2.05) is 49.6 Å². The molecule has 2 aromatic heterocycles. The first kappa shape index (κ1) is 18.2. The van der Waals surface area contributed by atoms with Crippen LogP contribution in [0.15, 0.2) is 30.6 Å². The molecule has 0 radical (unpaired) electrons. The Morgan fingerprint density at radius 1 is 1.23 bits per heavy atom. The Labute approximate surface area is 153 Å². The predicted molar refractivity (Wildman–Crippen MR) is 98.3 cm³/mol. The lowest BCUT2D eigenvalue weighted by Crippen LogP contribution is -2.53. The summed E-state index contributed by atoms with van der Waals surface area (Å²) < 4.78 is 1.82. The van der Waals surface area contributed by atoms with E-state index in [0.717, 1.165) is 31.3 Å². The van der Waals surface area contributed by atoms with Gasteiger partial charge in [0.25, 0.3) is 5.91 Å².